The van der Waals surface area contributed by atoms with E-state index in [2.05, 4.69) is 39.4 Å². The first-order valence-corrected chi connectivity index (χ1v) is 14.3. The Bertz CT molecular complexity index is 1650. The third-order valence-corrected chi connectivity index (χ3v) is 7.54. The topological polar surface area (TPSA) is 103 Å². The highest BCUT2D eigenvalue weighted by Gasteiger charge is 2.21. The number of nitrogens with two attached hydrogens (primary N) is 1. The second kappa shape index (κ2) is 12.8. The van der Waals surface area contributed by atoms with Gasteiger partial charge in [-0.1, -0.05) is 42.8 Å². The lowest BCUT2D eigenvalue weighted by Crippen LogP contribution is -2.37. The van der Waals surface area contributed by atoms with Gasteiger partial charge in [-0.15, -0.1) is 0 Å². The Balaban J connectivity index is 1.14. The molecule has 2 heterocycles. The Morgan fingerprint density at radius 3 is 2.57 bits per heavy atom. The Labute approximate surface area is 245 Å². The van der Waals surface area contributed by atoms with E-state index < -0.39 is 0 Å². The van der Waals surface area contributed by atoms with Crippen molar-refractivity contribution in [2.45, 2.75) is 25.3 Å². The van der Waals surface area contributed by atoms with Crippen LogP contribution < -0.4 is 15.8 Å². The zero-order chi connectivity index (χ0) is 28.7. The lowest BCUT2D eigenvalue weighted by atomic mass is 9.92. The van der Waals surface area contributed by atoms with E-state index in [1.165, 1.54) is 25.6 Å². The Morgan fingerprint density at radius 2 is 1.79 bits per heavy atom. The molecular weight excluding hydrogens is 526 g/mol. The summed E-state index contributed by atoms with van der Waals surface area (Å²) in [5, 5.41) is 8.97. The molecule has 214 valence electrons. The van der Waals surface area contributed by atoms with Crippen molar-refractivity contribution >= 4 is 22.5 Å². The van der Waals surface area contributed by atoms with Crippen molar-refractivity contribution in [2.24, 2.45) is 0 Å². The van der Waals surface area contributed by atoms with E-state index in [1.807, 2.05) is 78.9 Å². The maximum absolute atomic E-state index is 6.34. The average molecular weight is 562 g/mol. The molecule has 1 saturated carbocycles. The quantitative estimate of drug-likeness (QED) is 0.104. The molecule has 0 unspecified atom stereocenters. The summed E-state index contributed by atoms with van der Waals surface area (Å²) in [5.74, 6) is 1.89. The molecule has 42 heavy (non-hydrogen) atoms. The minimum absolute atomic E-state index is 0.375. The monoisotopic (exact) mass is 561 g/mol. The normalized spacial score (nSPS) is 13.6. The lowest BCUT2D eigenvalue weighted by molar-refractivity contribution is 0.172. The van der Waals surface area contributed by atoms with Crippen molar-refractivity contribution in [3.05, 3.63) is 97.3 Å². The van der Waals surface area contributed by atoms with Gasteiger partial charge in [0.1, 0.15) is 36.1 Å². The number of likely N-dealkylation sites (N-methyl/N-ethyl adjacent to an activating group) is 1. The molecule has 6 rings (SSSR count). The largest absolute Gasteiger partial charge is 0.457 e. The SMILES string of the molecule is CN(CC=CCOCNc1cccc(-n2nc(-c3ccc(Oc4ccccc4)cc3)c3c(N)ncnc32)c1)C1CCC1. The van der Waals surface area contributed by atoms with Crippen LogP contribution in [0.1, 0.15) is 19.3 Å². The molecule has 1 fully saturated rings. The molecule has 0 saturated heterocycles. The number of anilines is 2. The van der Waals surface area contributed by atoms with Crippen LogP contribution in [0, 0.1) is 0 Å². The summed E-state index contributed by atoms with van der Waals surface area (Å²) in [6.45, 7) is 1.91. The minimum atomic E-state index is 0.375. The summed E-state index contributed by atoms with van der Waals surface area (Å²) < 4.78 is 13.5. The molecule has 0 spiro atoms. The molecule has 0 aliphatic heterocycles. The van der Waals surface area contributed by atoms with Crippen LogP contribution >= 0.6 is 0 Å². The standard InChI is InChI=1S/C33H35N7O2/c1-39(26-10-8-11-26)19-5-6-20-41-23-37-25-9-7-12-27(21-25)40-33-30(32(34)35-22-36-33)31(38-40)24-15-17-29(18-16-24)42-28-13-3-2-4-14-28/h2-7,9,12-18,21-22,26,37H,8,10-11,19-20,23H2,1H3,(H2,34,35,36). The highest BCUT2D eigenvalue weighted by molar-refractivity contribution is 5.99. The summed E-state index contributed by atoms with van der Waals surface area (Å²) >= 11 is 0. The Hall–Kier alpha value is -4.73. The fourth-order valence-electron chi connectivity index (χ4n) is 4.96. The number of nitrogens with one attached hydrogen (secondary N) is 1. The number of para-hydroxylation sites is 1. The zero-order valence-electron chi connectivity index (χ0n) is 23.7. The van der Waals surface area contributed by atoms with Gasteiger partial charge >= 0.3 is 0 Å². The van der Waals surface area contributed by atoms with Crippen molar-refractivity contribution in [1.82, 2.24) is 24.6 Å². The van der Waals surface area contributed by atoms with Gasteiger partial charge in [0, 0.05) is 23.8 Å². The van der Waals surface area contributed by atoms with E-state index in [1.54, 1.807) is 4.68 Å². The predicted octanol–water partition coefficient (Wildman–Crippen LogP) is 6.28. The van der Waals surface area contributed by atoms with Crippen LogP contribution in [0.25, 0.3) is 28.0 Å². The molecular formula is C33H35N7O2. The lowest BCUT2D eigenvalue weighted by Gasteiger charge is -2.33. The third-order valence-electron chi connectivity index (χ3n) is 7.54. The van der Waals surface area contributed by atoms with Crippen molar-refractivity contribution in [3.63, 3.8) is 0 Å². The number of rotatable bonds is 12. The fourth-order valence-corrected chi connectivity index (χ4v) is 4.96. The van der Waals surface area contributed by atoms with E-state index in [0.717, 1.165) is 41.0 Å². The van der Waals surface area contributed by atoms with Crippen LogP contribution in [0.5, 0.6) is 11.5 Å². The van der Waals surface area contributed by atoms with Crippen LogP contribution in [0.2, 0.25) is 0 Å². The van der Waals surface area contributed by atoms with E-state index in [4.69, 9.17) is 20.3 Å². The van der Waals surface area contributed by atoms with Gasteiger partial charge in [-0.3, -0.25) is 4.90 Å². The van der Waals surface area contributed by atoms with Crippen LogP contribution in [0.15, 0.2) is 97.3 Å². The molecule has 0 amide bonds. The second-order valence-electron chi connectivity index (χ2n) is 10.4. The van der Waals surface area contributed by atoms with Crippen molar-refractivity contribution in [3.8, 4) is 28.4 Å². The van der Waals surface area contributed by atoms with Gasteiger partial charge < -0.3 is 20.5 Å². The summed E-state index contributed by atoms with van der Waals surface area (Å²) in [6.07, 6.45) is 9.71. The molecule has 1 aliphatic rings. The molecule has 3 aromatic carbocycles. The first-order valence-electron chi connectivity index (χ1n) is 14.3. The second-order valence-corrected chi connectivity index (χ2v) is 10.4. The molecule has 0 bridgehead atoms. The Kier molecular flexibility index (Phi) is 8.39. The minimum Gasteiger partial charge on any atom is -0.457 e. The zero-order valence-corrected chi connectivity index (χ0v) is 23.7. The molecule has 5 aromatic rings. The van der Waals surface area contributed by atoms with Crippen molar-refractivity contribution < 1.29 is 9.47 Å². The number of benzene rings is 3. The first kappa shape index (κ1) is 27.4. The van der Waals surface area contributed by atoms with Gasteiger partial charge in [-0.25, -0.2) is 14.6 Å². The van der Waals surface area contributed by atoms with E-state index in [-0.39, 0.29) is 0 Å². The van der Waals surface area contributed by atoms with Crippen molar-refractivity contribution in [1.29, 1.82) is 0 Å². The maximum Gasteiger partial charge on any atom is 0.169 e. The average Bonchev–Trinajstić information content (AvgIpc) is 3.38. The number of ether oxygens (including phenoxy) is 2. The van der Waals surface area contributed by atoms with Crippen LogP contribution in [0.3, 0.4) is 0 Å². The molecule has 9 heteroatoms. The summed E-state index contributed by atoms with van der Waals surface area (Å²) in [6, 6.07) is 26.2. The van der Waals surface area contributed by atoms with Gasteiger partial charge in [0.25, 0.3) is 0 Å². The fraction of sp³-hybridized carbons (Fsp3) is 0.242. The molecule has 0 radical (unpaired) electrons. The molecule has 9 nitrogen and oxygen atoms in total. The Morgan fingerprint density at radius 1 is 0.976 bits per heavy atom. The molecule has 0 atom stereocenters. The maximum atomic E-state index is 6.34. The van der Waals surface area contributed by atoms with Crippen LogP contribution in [-0.4, -0.2) is 57.6 Å². The predicted molar refractivity (Wildman–Crippen MR) is 167 cm³/mol. The summed E-state index contributed by atoms with van der Waals surface area (Å²) in [5.41, 5.74) is 10.3. The van der Waals surface area contributed by atoms with Crippen LogP contribution in [-0.2, 0) is 4.74 Å². The van der Waals surface area contributed by atoms with Gasteiger partial charge in [0.2, 0.25) is 0 Å². The smallest absolute Gasteiger partial charge is 0.169 e. The number of nitrogens with zero attached hydrogens (tertiary/aromatic N) is 5. The first-order chi connectivity index (χ1) is 20.7. The molecule has 3 N–H and O–H groups in total. The number of hydrogen-bond donors (Lipinski definition) is 2. The van der Waals surface area contributed by atoms with E-state index in [0.29, 0.717) is 35.9 Å². The molecule has 2 aromatic heterocycles. The summed E-state index contributed by atoms with van der Waals surface area (Å²) in [4.78, 5) is 11.2. The summed E-state index contributed by atoms with van der Waals surface area (Å²) in [7, 11) is 2.19. The number of hydrogen-bond acceptors (Lipinski definition) is 8. The van der Waals surface area contributed by atoms with E-state index in [9.17, 15) is 0 Å². The number of nitrogen functional groups attached to an aromatic ring is 1. The van der Waals surface area contributed by atoms with Gasteiger partial charge in [-0.05, 0) is 74.5 Å². The van der Waals surface area contributed by atoms with Gasteiger partial charge in [0.05, 0.1) is 17.7 Å². The highest BCUT2D eigenvalue weighted by Crippen LogP contribution is 2.33. The van der Waals surface area contributed by atoms with E-state index >= 15 is 0 Å². The van der Waals surface area contributed by atoms with Crippen molar-refractivity contribution in [2.75, 3.05) is 38.0 Å². The van der Waals surface area contributed by atoms with Crippen LogP contribution in [0.4, 0.5) is 11.5 Å². The number of aromatic nitrogens is 4. The molecule has 1 aliphatic carbocycles. The highest BCUT2D eigenvalue weighted by atomic mass is 16.5. The third kappa shape index (κ3) is 6.27. The number of fused-ring (bicyclic) bond motifs is 1. The van der Waals surface area contributed by atoms with Gasteiger partial charge in [-0.2, -0.15) is 5.10 Å². The van der Waals surface area contributed by atoms with Gasteiger partial charge in [0.15, 0.2) is 5.65 Å².